The van der Waals surface area contributed by atoms with Crippen LogP contribution in [0.25, 0.3) is 28.0 Å². The number of hydrogen-bond acceptors (Lipinski definition) is 9. The zero-order chi connectivity index (χ0) is 34.4. The van der Waals surface area contributed by atoms with E-state index in [1.54, 1.807) is 16.7 Å². The summed E-state index contributed by atoms with van der Waals surface area (Å²) in [4.78, 5) is 20.7. The fraction of sp³-hybridized carbons (Fsp3) is 0.516. The molecule has 3 aliphatic rings. The van der Waals surface area contributed by atoms with E-state index in [2.05, 4.69) is 24.0 Å². The van der Waals surface area contributed by atoms with Crippen LogP contribution in [0.4, 0.5) is 13.2 Å². The van der Waals surface area contributed by atoms with Crippen molar-refractivity contribution in [2.24, 2.45) is 4.36 Å². The molecule has 2 aromatic heterocycles. The smallest absolute Gasteiger partial charge is 0.456 e. The predicted octanol–water partition coefficient (Wildman–Crippen LogP) is 5.31. The number of ether oxygens (including phenoxy) is 4. The average Bonchev–Trinajstić information content (AvgIpc) is 3.69. The molecule has 0 aliphatic carbocycles. The fourth-order valence-corrected chi connectivity index (χ4v) is 8.46. The van der Waals surface area contributed by atoms with Crippen molar-refractivity contribution in [1.29, 1.82) is 0 Å². The number of carbonyl (C=O) groups is 1. The van der Waals surface area contributed by atoms with Gasteiger partial charge in [-0.2, -0.15) is 22.5 Å². The Kier molecular flexibility index (Phi) is 9.80. The Morgan fingerprint density at radius 1 is 1.15 bits per heavy atom. The molecule has 0 saturated carbocycles. The highest BCUT2D eigenvalue weighted by Gasteiger charge is 2.49. The van der Waals surface area contributed by atoms with Crippen LogP contribution in [0, 0.1) is 0 Å². The molecule has 2 saturated heterocycles. The number of aliphatic hydroxyl groups is 1. The van der Waals surface area contributed by atoms with Crippen LogP contribution in [0.5, 0.6) is 6.01 Å². The van der Waals surface area contributed by atoms with E-state index in [0.717, 1.165) is 17.2 Å². The number of alkyl halides is 3. The summed E-state index contributed by atoms with van der Waals surface area (Å²) >= 11 is 6.78. The molecule has 0 spiro atoms. The summed E-state index contributed by atoms with van der Waals surface area (Å²) in [6.07, 6.45) is -5.50. The second-order valence-electron chi connectivity index (χ2n) is 13.2. The van der Waals surface area contributed by atoms with E-state index >= 15 is 0 Å². The Morgan fingerprint density at radius 3 is 2.52 bits per heavy atom. The van der Waals surface area contributed by atoms with Gasteiger partial charge in [0.05, 0.1) is 44.9 Å². The number of halogens is 4. The van der Waals surface area contributed by atoms with Gasteiger partial charge in [0.15, 0.2) is 11.8 Å². The minimum Gasteiger partial charge on any atom is -0.456 e. The standard InChI is InChI=1S/C31H36ClF3N4O7SSi/c1-48(2,3)13-10-43-17-39-22-14-21(32)25(36-28(22)37-30(39)46-24-16-45-26-23(40)15-44-27(24)26)20-6-4-18(5-7-20)19-8-11-47(42,12-9-19)38-29(41)31(33,34)35/h4-8,14,23-24,26-27,40H,9-13,15-17H2,1-3H3/t23-,24-,26-,27-,47?/m1/s1. The van der Waals surface area contributed by atoms with Crippen LogP contribution in [-0.4, -0.2) is 99.8 Å². The van der Waals surface area contributed by atoms with E-state index in [4.69, 9.17) is 40.5 Å². The SMILES string of the molecule is C[Si](C)(C)CCOCn1c(O[C@@H]2CO[C@H]3[C@@H]2OC[C@H]3O)nc2nc(-c3ccc(C4=CCS(=O)(=NC(=O)C(F)(F)F)CC4)cc3)c(Cl)cc21. The summed E-state index contributed by atoms with van der Waals surface area (Å²) in [7, 11) is -4.65. The molecule has 5 atom stereocenters. The van der Waals surface area contributed by atoms with Crippen molar-refractivity contribution in [3.05, 3.63) is 47.0 Å². The van der Waals surface area contributed by atoms with Crippen molar-refractivity contribution in [3.63, 3.8) is 0 Å². The van der Waals surface area contributed by atoms with Crippen molar-refractivity contribution in [2.45, 2.75) is 69.4 Å². The third-order valence-corrected chi connectivity index (χ3v) is 12.4. The van der Waals surface area contributed by atoms with Gasteiger partial charge >= 0.3 is 18.1 Å². The van der Waals surface area contributed by atoms with Crippen LogP contribution in [0.15, 0.2) is 40.8 Å². The van der Waals surface area contributed by atoms with Crippen molar-refractivity contribution >= 4 is 52.0 Å². The van der Waals surface area contributed by atoms with Gasteiger partial charge in [-0.15, -0.1) is 0 Å². The number of amides is 1. The van der Waals surface area contributed by atoms with E-state index in [0.29, 0.717) is 34.1 Å². The van der Waals surface area contributed by atoms with Crippen molar-refractivity contribution < 1.29 is 46.2 Å². The summed E-state index contributed by atoms with van der Waals surface area (Å²) in [6, 6.07) is 10.3. The zero-order valence-electron chi connectivity index (χ0n) is 26.5. The topological polar surface area (TPSA) is 134 Å². The van der Waals surface area contributed by atoms with Gasteiger partial charge in [0.2, 0.25) is 0 Å². The Morgan fingerprint density at radius 2 is 1.85 bits per heavy atom. The second-order valence-corrected chi connectivity index (χ2v) is 21.7. The minimum atomic E-state index is -5.15. The van der Waals surface area contributed by atoms with Gasteiger partial charge in [-0.3, -0.25) is 9.36 Å². The molecule has 3 aliphatic heterocycles. The number of imidazole rings is 1. The predicted molar refractivity (Wildman–Crippen MR) is 176 cm³/mol. The number of pyridine rings is 1. The third kappa shape index (κ3) is 7.64. The van der Waals surface area contributed by atoms with Gasteiger partial charge in [-0.25, -0.2) is 9.19 Å². The normalized spacial score (nSPS) is 26.0. The van der Waals surface area contributed by atoms with Crippen LogP contribution in [0.2, 0.25) is 30.7 Å². The van der Waals surface area contributed by atoms with E-state index in [9.17, 15) is 27.3 Å². The first-order valence-corrected chi connectivity index (χ1v) is 21.4. The lowest BCUT2D eigenvalue weighted by atomic mass is 10.0. The summed E-state index contributed by atoms with van der Waals surface area (Å²) in [5.41, 5.74) is 3.73. The van der Waals surface area contributed by atoms with Crippen molar-refractivity contribution in [3.8, 4) is 17.3 Å². The molecule has 3 aromatic rings. The van der Waals surface area contributed by atoms with Crippen LogP contribution in [0.1, 0.15) is 12.0 Å². The quantitative estimate of drug-likeness (QED) is 0.230. The number of carbonyl (C=O) groups excluding carboxylic acids is 1. The molecular formula is C31H36ClF3N4O7SSi. The lowest BCUT2D eigenvalue weighted by molar-refractivity contribution is -0.169. The first kappa shape index (κ1) is 35.0. The first-order chi connectivity index (χ1) is 22.6. The van der Waals surface area contributed by atoms with E-state index in [1.807, 2.05) is 24.3 Å². The lowest BCUT2D eigenvalue weighted by Crippen LogP contribution is -2.35. The molecule has 1 aromatic carbocycles. The Balaban J connectivity index is 1.24. The summed E-state index contributed by atoms with van der Waals surface area (Å²) in [5, 5.41) is 10.5. The molecule has 1 amide bonds. The number of nitrogens with zero attached hydrogens (tertiary/aromatic N) is 4. The molecule has 2 fully saturated rings. The number of aliphatic hydroxyl groups excluding tert-OH is 1. The van der Waals surface area contributed by atoms with Crippen LogP contribution >= 0.6 is 11.6 Å². The van der Waals surface area contributed by atoms with Gasteiger partial charge in [0.25, 0.3) is 0 Å². The number of rotatable bonds is 9. The number of hydrogen-bond donors (Lipinski definition) is 1. The van der Waals surface area contributed by atoms with Gasteiger partial charge in [0.1, 0.15) is 25.0 Å². The molecule has 48 heavy (non-hydrogen) atoms. The molecule has 17 heteroatoms. The van der Waals surface area contributed by atoms with Crippen LogP contribution < -0.4 is 4.74 Å². The molecule has 11 nitrogen and oxygen atoms in total. The molecule has 260 valence electrons. The number of allylic oxidation sites excluding steroid dienone is 1. The summed E-state index contributed by atoms with van der Waals surface area (Å²) in [5.74, 6) is -2.72. The second kappa shape index (κ2) is 13.5. The molecule has 5 heterocycles. The highest BCUT2D eigenvalue weighted by Crippen LogP contribution is 2.35. The fourth-order valence-electron chi connectivity index (χ4n) is 5.71. The monoisotopic (exact) mass is 728 g/mol. The van der Waals surface area contributed by atoms with Crippen molar-refractivity contribution in [1.82, 2.24) is 14.5 Å². The summed E-state index contributed by atoms with van der Waals surface area (Å²) in [6.45, 7) is 7.94. The largest absolute Gasteiger partial charge is 0.474 e. The first-order valence-electron chi connectivity index (χ1n) is 15.5. The maximum Gasteiger partial charge on any atom is 0.474 e. The van der Waals surface area contributed by atoms with Crippen molar-refractivity contribution in [2.75, 3.05) is 31.3 Å². The van der Waals surface area contributed by atoms with Crippen LogP contribution in [0.3, 0.4) is 0 Å². The maximum absolute atomic E-state index is 12.7. The third-order valence-electron chi connectivity index (χ3n) is 8.42. The molecule has 6 rings (SSSR count). The Bertz CT molecular complexity index is 1860. The number of fused-ring (bicyclic) bond motifs is 2. The maximum atomic E-state index is 12.7. The average molecular weight is 729 g/mol. The number of benzene rings is 1. The van der Waals surface area contributed by atoms with Crippen LogP contribution in [-0.2, 0) is 35.5 Å². The molecule has 1 unspecified atom stereocenters. The minimum absolute atomic E-state index is 0.150. The van der Waals surface area contributed by atoms with Gasteiger partial charge in [-0.05, 0) is 29.7 Å². The molecule has 0 radical (unpaired) electrons. The molecule has 1 N–H and O–H groups in total. The van der Waals surface area contributed by atoms with E-state index < -0.39 is 54.3 Å². The highest BCUT2D eigenvalue weighted by molar-refractivity contribution is 7.94. The van der Waals surface area contributed by atoms with Gasteiger partial charge in [-0.1, -0.05) is 61.6 Å². The Labute approximate surface area is 281 Å². The van der Waals surface area contributed by atoms with Gasteiger partial charge in [0, 0.05) is 26.0 Å². The zero-order valence-corrected chi connectivity index (χ0v) is 29.1. The van der Waals surface area contributed by atoms with E-state index in [1.165, 1.54) is 0 Å². The summed E-state index contributed by atoms with van der Waals surface area (Å²) < 4.78 is 79.2. The lowest BCUT2D eigenvalue weighted by Gasteiger charge is -2.19. The van der Waals surface area contributed by atoms with Gasteiger partial charge < -0.3 is 24.1 Å². The molecular weight excluding hydrogens is 693 g/mol. The molecule has 0 bridgehead atoms. The number of aromatic nitrogens is 3. The van der Waals surface area contributed by atoms with E-state index in [-0.39, 0.29) is 43.9 Å². The highest BCUT2D eigenvalue weighted by atomic mass is 35.5. The Hall–Kier alpha value is -2.86.